The van der Waals surface area contributed by atoms with Gasteiger partial charge in [-0.05, 0) is 38.5 Å². The molecule has 0 fully saturated rings. The number of nitriles is 4. The molecule has 0 aromatic heterocycles. The van der Waals surface area contributed by atoms with Crippen molar-refractivity contribution in [3.05, 3.63) is 87.1 Å². The molecule has 40 heavy (non-hydrogen) atoms. The summed E-state index contributed by atoms with van der Waals surface area (Å²) in [6.45, 7) is 5.72. The Kier molecular flexibility index (Phi) is 55.7. The number of hydrogen-bond acceptors (Lipinski definition) is 4. The first-order chi connectivity index (χ1) is 17.6. The summed E-state index contributed by atoms with van der Waals surface area (Å²) < 4.78 is 78.0. The fraction of sp³-hybridized carbons (Fsp3) is 0.250. The first-order valence-electron chi connectivity index (χ1n) is 10.3. The predicted octanol–water partition coefficient (Wildman–Crippen LogP) is 8.41. The molecule has 0 heterocycles. The molecule has 0 atom stereocenters. The number of rotatable bonds is 1. The maximum Gasteiger partial charge on any atom is 2.00 e. The molecule has 224 valence electrons. The zero-order chi connectivity index (χ0) is 30.9. The molecule has 0 aromatic carbocycles. The van der Waals surface area contributed by atoms with Crippen LogP contribution in [0.3, 0.4) is 0 Å². The van der Waals surface area contributed by atoms with Crippen molar-refractivity contribution in [3.8, 4) is 24.3 Å². The van der Waals surface area contributed by atoms with Crippen LogP contribution in [-0.4, -0.2) is 14.5 Å². The van der Waals surface area contributed by atoms with Crippen LogP contribution in [0, 0.1) is 95.7 Å². The molecular formula is C24H28B2F8N4Pd2+2. The molecule has 0 N–H and O–H groups in total. The third-order valence-electron chi connectivity index (χ3n) is 2.67. The molecule has 0 spiro atoms. The van der Waals surface area contributed by atoms with Crippen molar-refractivity contribution < 1.29 is 75.4 Å². The van der Waals surface area contributed by atoms with Gasteiger partial charge >= 0.3 is 55.4 Å². The summed E-state index contributed by atoms with van der Waals surface area (Å²) in [6, 6.07) is 7.00. The van der Waals surface area contributed by atoms with Crippen LogP contribution >= 0.6 is 0 Å². The zero-order valence-corrected chi connectivity index (χ0v) is 24.9. The van der Waals surface area contributed by atoms with Crippen molar-refractivity contribution in [2.45, 2.75) is 27.7 Å². The van der Waals surface area contributed by atoms with E-state index in [1.807, 2.05) is 12.8 Å². The van der Waals surface area contributed by atoms with E-state index >= 15 is 0 Å². The van der Waals surface area contributed by atoms with Crippen molar-refractivity contribution in [1.82, 2.24) is 0 Å². The van der Waals surface area contributed by atoms with E-state index in [4.69, 9.17) is 21.0 Å². The van der Waals surface area contributed by atoms with Crippen LogP contribution < -0.4 is 0 Å². The third kappa shape index (κ3) is 91.2. The summed E-state index contributed by atoms with van der Waals surface area (Å²) >= 11 is 0. The topological polar surface area (TPSA) is 95.2 Å². The predicted molar refractivity (Wildman–Crippen MR) is 135 cm³/mol. The maximum atomic E-state index is 9.75. The quantitative estimate of drug-likeness (QED) is 0.198. The van der Waals surface area contributed by atoms with Crippen LogP contribution in [0.5, 0.6) is 0 Å². The Labute approximate surface area is 261 Å². The molecule has 0 unspecified atom stereocenters. The second-order valence-electron chi connectivity index (χ2n) is 5.73. The molecule has 0 bridgehead atoms. The monoisotopic (exact) mass is 758 g/mol. The van der Waals surface area contributed by atoms with E-state index < -0.39 is 14.5 Å². The number of halogens is 8. The Hall–Kier alpha value is -2.19. The fourth-order valence-electron chi connectivity index (χ4n) is 1.80. The zero-order valence-electron chi connectivity index (χ0n) is 21.8. The normalized spacial score (nSPS) is 16.5. The Bertz CT molecular complexity index is 690. The molecular weight excluding hydrogens is 731 g/mol. The minimum Gasteiger partial charge on any atom is -0.418 e. The van der Waals surface area contributed by atoms with E-state index in [0.717, 1.165) is 0 Å². The summed E-state index contributed by atoms with van der Waals surface area (Å²) in [6.07, 6.45) is 29.8. The van der Waals surface area contributed by atoms with Crippen LogP contribution in [0.4, 0.5) is 34.5 Å². The minimum absolute atomic E-state index is 0. The van der Waals surface area contributed by atoms with Gasteiger partial charge in [-0.2, -0.15) is 21.0 Å². The van der Waals surface area contributed by atoms with Crippen molar-refractivity contribution in [2.24, 2.45) is 11.8 Å². The molecule has 0 saturated heterocycles. The van der Waals surface area contributed by atoms with Crippen LogP contribution in [-0.2, 0) is 40.8 Å². The van der Waals surface area contributed by atoms with Crippen molar-refractivity contribution >= 4 is 14.5 Å². The molecule has 0 aliphatic heterocycles. The summed E-state index contributed by atoms with van der Waals surface area (Å²) in [4.78, 5) is 0. The third-order valence-corrected chi connectivity index (χ3v) is 2.67. The molecule has 6 radical (unpaired) electrons. The summed E-state index contributed by atoms with van der Waals surface area (Å²) in [5.41, 5.74) is 0. The first kappa shape index (κ1) is 54.0. The van der Waals surface area contributed by atoms with Crippen LogP contribution in [0.2, 0.25) is 0 Å². The Morgan fingerprint density at radius 2 is 0.550 bits per heavy atom. The van der Waals surface area contributed by atoms with Gasteiger partial charge < -0.3 is 34.5 Å². The molecule has 2 aliphatic rings. The molecule has 0 saturated carbocycles. The van der Waals surface area contributed by atoms with E-state index in [0.29, 0.717) is 11.8 Å². The standard InChI is InChI=1S/C16H16.4C2H3N.2BF4.2Pd/c1-3-7-11-15(12-8-4-1)16-13-9-5-2-6-10-14-16;4*1-2-3;2*2-1(3,4)5;;/h1-16H;4*1H3;;;;/q;;;;;2*-1;2*+2/b11-7-,12-8-,13-9-,14-10-;;;;;;;;. The average Bonchev–Trinajstić information content (AvgIpc) is 2.68. The Balaban J connectivity index is -0.0000000761. The van der Waals surface area contributed by atoms with Crippen molar-refractivity contribution in [2.75, 3.05) is 0 Å². The van der Waals surface area contributed by atoms with E-state index in [-0.39, 0.29) is 40.8 Å². The minimum atomic E-state index is -6.00. The molecule has 2 aliphatic carbocycles. The van der Waals surface area contributed by atoms with Crippen LogP contribution in [0.25, 0.3) is 0 Å². The smallest absolute Gasteiger partial charge is 0.418 e. The van der Waals surface area contributed by atoms with E-state index in [2.05, 4.69) is 74.3 Å². The van der Waals surface area contributed by atoms with Gasteiger partial charge in [0.2, 0.25) is 0 Å². The van der Waals surface area contributed by atoms with Gasteiger partial charge in [0.25, 0.3) is 0 Å². The van der Waals surface area contributed by atoms with E-state index in [1.54, 1.807) is 24.3 Å². The van der Waals surface area contributed by atoms with Gasteiger partial charge in [-0.1, -0.05) is 48.6 Å². The van der Waals surface area contributed by atoms with Gasteiger partial charge in [-0.25, -0.2) is 0 Å². The van der Waals surface area contributed by atoms with Gasteiger partial charge in [0, 0.05) is 39.5 Å². The van der Waals surface area contributed by atoms with Gasteiger partial charge in [-0.15, -0.1) is 0 Å². The largest absolute Gasteiger partial charge is 2.00 e. The first-order valence-corrected chi connectivity index (χ1v) is 10.3. The molecule has 0 amide bonds. The van der Waals surface area contributed by atoms with Gasteiger partial charge in [0.1, 0.15) is 0 Å². The van der Waals surface area contributed by atoms with Gasteiger partial charge in [0.15, 0.2) is 0 Å². The number of nitrogens with zero attached hydrogens (tertiary/aromatic N) is 4. The van der Waals surface area contributed by atoms with Crippen LogP contribution in [0.1, 0.15) is 27.7 Å². The Morgan fingerprint density at radius 1 is 0.425 bits per heavy atom. The summed E-state index contributed by atoms with van der Waals surface area (Å²) in [5, 5.41) is 29.3. The average molecular weight is 759 g/mol. The Morgan fingerprint density at radius 3 is 0.675 bits per heavy atom. The molecule has 16 heteroatoms. The van der Waals surface area contributed by atoms with E-state index in [1.165, 1.54) is 27.7 Å². The maximum absolute atomic E-state index is 9.75. The van der Waals surface area contributed by atoms with E-state index in [9.17, 15) is 34.5 Å². The molecule has 0 aromatic rings. The summed E-state index contributed by atoms with van der Waals surface area (Å²) in [5.74, 6) is 0.877. The fourth-order valence-corrected chi connectivity index (χ4v) is 1.80. The van der Waals surface area contributed by atoms with Crippen LogP contribution in [0.15, 0.2) is 48.6 Å². The van der Waals surface area contributed by atoms with Gasteiger partial charge in [-0.3, -0.25) is 0 Å². The SMILES string of the molecule is CC#N.CC#N.CC#N.CC#N.F[B-](F)(F)F.F[B-](F)(F)F.[CH]1[CH]/C=C\C(C2/C=C\[CH][CH][CH]/C=C\2)/C=C\[CH]1.[Pd+2].[Pd+2]. The van der Waals surface area contributed by atoms with Gasteiger partial charge in [0.05, 0.1) is 24.3 Å². The van der Waals surface area contributed by atoms with Crippen molar-refractivity contribution in [1.29, 1.82) is 21.0 Å². The second-order valence-corrected chi connectivity index (χ2v) is 5.73. The molecule has 4 nitrogen and oxygen atoms in total. The van der Waals surface area contributed by atoms with Crippen molar-refractivity contribution in [3.63, 3.8) is 0 Å². The summed E-state index contributed by atoms with van der Waals surface area (Å²) in [7, 11) is -12.0. The second kappa shape index (κ2) is 41.3. The molecule has 2 rings (SSSR count). The number of allylic oxidation sites excluding steroid dienone is 8. The number of hydrogen-bond donors (Lipinski definition) is 0.